The van der Waals surface area contributed by atoms with Gasteiger partial charge in [0.1, 0.15) is 0 Å². The highest BCUT2D eigenvalue weighted by atomic mass is 35.7. The van der Waals surface area contributed by atoms with Crippen molar-refractivity contribution < 1.29 is 13.2 Å². The number of nitrogens with zero attached hydrogens (tertiary/aromatic N) is 1. The van der Waals surface area contributed by atoms with Crippen molar-refractivity contribution >= 4 is 31.3 Å². The lowest BCUT2D eigenvalue weighted by Gasteiger charge is -2.14. The topological polar surface area (TPSA) is 54.5 Å². The van der Waals surface area contributed by atoms with Crippen LogP contribution in [0.4, 0.5) is 5.69 Å². The van der Waals surface area contributed by atoms with E-state index in [4.69, 9.17) is 10.7 Å². The third kappa shape index (κ3) is 3.03. The van der Waals surface area contributed by atoms with E-state index >= 15 is 0 Å². The molecule has 1 aromatic carbocycles. The molecule has 0 spiro atoms. The Hall–Kier alpha value is -1.07. The molecule has 1 aromatic rings. The molecule has 100 valence electrons. The minimum Gasteiger partial charge on any atom is -0.312 e. The molecule has 0 saturated heterocycles. The largest absolute Gasteiger partial charge is 0.312 e. The number of benzene rings is 1. The van der Waals surface area contributed by atoms with Crippen molar-refractivity contribution in [2.45, 2.75) is 32.1 Å². The number of halogens is 1. The van der Waals surface area contributed by atoms with Crippen LogP contribution in [0.5, 0.6) is 0 Å². The van der Waals surface area contributed by atoms with Gasteiger partial charge in [-0.05, 0) is 30.2 Å². The number of anilines is 1. The van der Waals surface area contributed by atoms with Gasteiger partial charge >= 0.3 is 0 Å². The highest BCUT2D eigenvalue weighted by molar-refractivity contribution is 8.13. The van der Waals surface area contributed by atoms with E-state index in [0.717, 1.165) is 11.3 Å². The second-order valence-electron chi connectivity index (χ2n) is 3.65. The second kappa shape index (κ2) is 5.71. The number of hydrogen-bond acceptors (Lipinski definition) is 3. The number of carbonyl (C=O) groups excluding carboxylic acids is 1. The fourth-order valence-electron chi connectivity index (χ4n) is 1.86. The number of rotatable bonds is 1. The summed E-state index contributed by atoms with van der Waals surface area (Å²) in [4.78, 5) is 13.0. The van der Waals surface area contributed by atoms with Gasteiger partial charge in [0.15, 0.2) is 0 Å². The van der Waals surface area contributed by atoms with E-state index < -0.39 is 9.05 Å². The minimum atomic E-state index is -3.69. The summed E-state index contributed by atoms with van der Waals surface area (Å²) < 4.78 is 22.3. The SMILES string of the molecule is CC.CC(=O)N1CCc2cc(S(=O)(=O)Cl)ccc21. The molecule has 2 rings (SSSR count). The summed E-state index contributed by atoms with van der Waals surface area (Å²) >= 11 is 0. The molecule has 0 aromatic heterocycles. The highest BCUT2D eigenvalue weighted by Gasteiger charge is 2.23. The van der Waals surface area contributed by atoms with Crippen LogP contribution >= 0.6 is 10.7 Å². The van der Waals surface area contributed by atoms with Gasteiger partial charge < -0.3 is 4.90 Å². The van der Waals surface area contributed by atoms with E-state index in [-0.39, 0.29) is 10.8 Å². The van der Waals surface area contributed by atoms with E-state index in [1.807, 2.05) is 13.8 Å². The highest BCUT2D eigenvalue weighted by Crippen LogP contribution is 2.30. The van der Waals surface area contributed by atoms with Gasteiger partial charge in [-0.25, -0.2) is 8.42 Å². The molecule has 0 radical (unpaired) electrons. The normalized spacial score (nSPS) is 13.7. The first kappa shape index (κ1) is 15.0. The van der Waals surface area contributed by atoms with E-state index in [0.29, 0.717) is 13.0 Å². The maximum absolute atomic E-state index is 11.3. The number of amides is 1. The van der Waals surface area contributed by atoms with Gasteiger partial charge in [0.05, 0.1) is 4.90 Å². The molecule has 1 aliphatic heterocycles. The van der Waals surface area contributed by atoms with Crippen LogP contribution in [-0.2, 0) is 20.3 Å². The first-order valence-electron chi connectivity index (χ1n) is 5.75. The molecule has 0 N–H and O–H groups in total. The molecule has 0 unspecified atom stereocenters. The summed E-state index contributed by atoms with van der Waals surface area (Å²) in [5.74, 6) is -0.0415. The minimum absolute atomic E-state index is 0.0415. The maximum atomic E-state index is 11.3. The Morgan fingerprint density at radius 1 is 1.33 bits per heavy atom. The standard InChI is InChI=1S/C10H10ClNO3S.C2H6/c1-7(13)12-5-4-8-6-9(16(11,14)15)2-3-10(8)12;1-2/h2-3,6H,4-5H2,1H3;1-2H3. The van der Waals surface area contributed by atoms with Gasteiger partial charge in [0, 0.05) is 29.8 Å². The fraction of sp³-hybridized carbons (Fsp3) is 0.417. The first-order chi connectivity index (χ1) is 8.39. The number of fused-ring (bicyclic) bond motifs is 1. The van der Waals surface area contributed by atoms with Gasteiger partial charge in [0.25, 0.3) is 9.05 Å². The predicted octanol–water partition coefficient (Wildman–Crippen LogP) is 2.55. The van der Waals surface area contributed by atoms with Crippen molar-refractivity contribution in [3.63, 3.8) is 0 Å². The molecular formula is C12H16ClNO3S. The van der Waals surface area contributed by atoms with Crippen LogP contribution in [0.25, 0.3) is 0 Å². The molecule has 1 amide bonds. The lowest BCUT2D eigenvalue weighted by Crippen LogP contribution is -2.25. The summed E-state index contributed by atoms with van der Waals surface area (Å²) in [6.07, 6.45) is 0.662. The van der Waals surface area contributed by atoms with Gasteiger partial charge in [-0.2, -0.15) is 0 Å². The Morgan fingerprint density at radius 3 is 2.44 bits per heavy atom. The van der Waals surface area contributed by atoms with Gasteiger partial charge in [-0.3, -0.25) is 4.79 Å². The zero-order chi connectivity index (χ0) is 13.9. The summed E-state index contributed by atoms with van der Waals surface area (Å²) in [6.45, 7) is 6.08. The van der Waals surface area contributed by atoms with Gasteiger partial charge in [-0.1, -0.05) is 13.8 Å². The lowest BCUT2D eigenvalue weighted by atomic mass is 10.2. The van der Waals surface area contributed by atoms with Crippen molar-refractivity contribution in [3.05, 3.63) is 23.8 Å². The van der Waals surface area contributed by atoms with Gasteiger partial charge in [-0.15, -0.1) is 0 Å². The van der Waals surface area contributed by atoms with Crippen LogP contribution in [0.15, 0.2) is 23.1 Å². The third-order valence-electron chi connectivity index (χ3n) is 2.61. The summed E-state index contributed by atoms with van der Waals surface area (Å²) in [7, 11) is 1.56. The van der Waals surface area contributed by atoms with Crippen LogP contribution in [0.3, 0.4) is 0 Å². The van der Waals surface area contributed by atoms with E-state index in [9.17, 15) is 13.2 Å². The molecule has 1 aliphatic rings. The van der Waals surface area contributed by atoms with Crippen molar-refractivity contribution in [3.8, 4) is 0 Å². The Morgan fingerprint density at radius 2 is 1.94 bits per heavy atom. The van der Waals surface area contributed by atoms with Crippen LogP contribution in [-0.4, -0.2) is 20.9 Å². The quantitative estimate of drug-likeness (QED) is 0.747. The molecule has 0 aliphatic carbocycles. The van der Waals surface area contributed by atoms with Crippen LogP contribution in [0.1, 0.15) is 26.3 Å². The second-order valence-corrected chi connectivity index (χ2v) is 6.21. The molecule has 0 fully saturated rings. The zero-order valence-electron chi connectivity index (χ0n) is 10.6. The molecule has 0 bridgehead atoms. The Kier molecular flexibility index (Phi) is 4.76. The lowest BCUT2D eigenvalue weighted by molar-refractivity contribution is -0.116. The van der Waals surface area contributed by atoms with Crippen molar-refractivity contribution in [1.29, 1.82) is 0 Å². The maximum Gasteiger partial charge on any atom is 0.261 e. The molecule has 4 nitrogen and oxygen atoms in total. The van der Waals surface area contributed by atoms with Crippen LogP contribution < -0.4 is 4.90 Å². The Labute approximate surface area is 112 Å². The first-order valence-corrected chi connectivity index (χ1v) is 8.06. The molecule has 0 saturated carbocycles. The van der Waals surface area contributed by atoms with Gasteiger partial charge in [0.2, 0.25) is 5.91 Å². The summed E-state index contributed by atoms with van der Waals surface area (Å²) in [5.41, 5.74) is 1.62. The molecular weight excluding hydrogens is 274 g/mol. The molecule has 0 atom stereocenters. The van der Waals surface area contributed by atoms with E-state index in [1.54, 1.807) is 11.0 Å². The molecule has 1 heterocycles. The zero-order valence-corrected chi connectivity index (χ0v) is 12.2. The van der Waals surface area contributed by atoms with E-state index in [1.165, 1.54) is 19.1 Å². The smallest absolute Gasteiger partial charge is 0.261 e. The average Bonchev–Trinajstić information content (AvgIpc) is 2.73. The number of hydrogen-bond donors (Lipinski definition) is 0. The average molecular weight is 290 g/mol. The molecule has 6 heteroatoms. The molecule has 18 heavy (non-hydrogen) atoms. The summed E-state index contributed by atoms with van der Waals surface area (Å²) in [5, 5.41) is 0. The van der Waals surface area contributed by atoms with Crippen LogP contribution in [0.2, 0.25) is 0 Å². The van der Waals surface area contributed by atoms with Crippen LogP contribution in [0, 0.1) is 0 Å². The van der Waals surface area contributed by atoms with Crippen molar-refractivity contribution in [2.24, 2.45) is 0 Å². The van der Waals surface area contributed by atoms with Crippen molar-refractivity contribution in [2.75, 3.05) is 11.4 Å². The van der Waals surface area contributed by atoms with Crippen molar-refractivity contribution in [1.82, 2.24) is 0 Å². The predicted molar refractivity (Wildman–Crippen MR) is 72.6 cm³/mol. The Bertz CT molecular complexity index is 554. The van der Waals surface area contributed by atoms with E-state index in [2.05, 4.69) is 0 Å². The fourth-order valence-corrected chi connectivity index (χ4v) is 2.66. The Balaban J connectivity index is 0.000000771. The number of carbonyl (C=O) groups is 1. The monoisotopic (exact) mass is 289 g/mol. The summed E-state index contributed by atoms with van der Waals surface area (Å²) in [6, 6.07) is 4.57. The third-order valence-corrected chi connectivity index (χ3v) is 3.96.